The second kappa shape index (κ2) is 4.22. The number of esters is 1. The highest BCUT2D eigenvalue weighted by Crippen LogP contribution is 2.71. The second-order valence-electron chi connectivity index (χ2n) is 9.35. The maximum atomic E-state index is 12.6. The van der Waals surface area contributed by atoms with Gasteiger partial charge in [-0.15, -0.1) is 0 Å². The molecule has 3 nitrogen and oxygen atoms in total. The molecule has 2 saturated carbocycles. The summed E-state index contributed by atoms with van der Waals surface area (Å²) in [6, 6.07) is 0. The SMILES string of the molecule is CO[C@H]1C[C@@H]2C[C@@H]3OC(=O)[C@]4(C)CCCC(=C34)[C@]23CC[C@@]1(C)C3. The van der Waals surface area contributed by atoms with Crippen molar-refractivity contribution in [3.8, 4) is 0 Å². The largest absolute Gasteiger partial charge is 0.457 e. The van der Waals surface area contributed by atoms with Gasteiger partial charge in [0, 0.05) is 7.11 Å². The van der Waals surface area contributed by atoms with Gasteiger partial charge in [-0.2, -0.15) is 0 Å². The van der Waals surface area contributed by atoms with Gasteiger partial charge >= 0.3 is 5.97 Å². The summed E-state index contributed by atoms with van der Waals surface area (Å²) in [5, 5.41) is 0. The van der Waals surface area contributed by atoms with Crippen LogP contribution in [0.15, 0.2) is 11.1 Å². The van der Waals surface area contributed by atoms with E-state index in [1.807, 2.05) is 7.11 Å². The summed E-state index contributed by atoms with van der Waals surface area (Å²) >= 11 is 0. The number of hydrogen-bond acceptors (Lipinski definition) is 3. The van der Waals surface area contributed by atoms with E-state index in [0.29, 0.717) is 22.9 Å². The van der Waals surface area contributed by atoms with Crippen molar-refractivity contribution in [3.63, 3.8) is 0 Å². The van der Waals surface area contributed by atoms with Gasteiger partial charge in [-0.3, -0.25) is 4.79 Å². The number of allylic oxidation sites excluding steroid dienone is 1. The topological polar surface area (TPSA) is 35.5 Å². The van der Waals surface area contributed by atoms with Crippen LogP contribution in [0.25, 0.3) is 0 Å². The third kappa shape index (κ3) is 1.54. The quantitative estimate of drug-likeness (QED) is 0.541. The standard InChI is InChI=1S/C20H28O3/c1-18-7-8-20(11-18)12(10-15(18)22-3)9-14-16-13(20)5-4-6-19(16,2)17(21)23-14/h12,14-15H,4-11H2,1-3H3/t12-,14-,15-,18-,19+,20-/m0/s1. The Morgan fingerprint density at radius 3 is 2.78 bits per heavy atom. The molecule has 0 N–H and O–H groups in total. The van der Waals surface area contributed by atoms with Crippen LogP contribution in [0.2, 0.25) is 0 Å². The minimum atomic E-state index is -0.310. The minimum absolute atomic E-state index is 0.0498. The van der Waals surface area contributed by atoms with Crippen LogP contribution >= 0.6 is 0 Å². The number of fused-ring (bicyclic) bond motifs is 1. The van der Waals surface area contributed by atoms with Gasteiger partial charge in [0.05, 0.1) is 11.5 Å². The number of methoxy groups -OCH3 is 1. The summed E-state index contributed by atoms with van der Waals surface area (Å²) < 4.78 is 11.8. The second-order valence-corrected chi connectivity index (χ2v) is 9.35. The smallest absolute Gasteiger partial charge is 0.316 e. The van der Waals surface area contributed by atoms with Gasteiger partial charge in [-0.1, -0.05) is 12.5 Å². The van der Waals surface area contributed by atoms with Gasteiger partial charge in [0.15, 0.2) is 0 Å². The van der Waals surface area contributed by atoms with Gasteiger partial charge in [0.2, 0.25) is 0 Å². The molecule has 0 aromatic carbocycles. The molecule has 4 aliphatic carbocycles. The fourth-order valence-corrected chi connectivity index (χ4v) is 7.25. The Labute approximate surface area is 138 Å². The third-order valence-electron chi connectivity index (χ3n) is 8.35. The average Bonchev–Trinajstić information content (AvgIpc) is 2.96. The lowest BCUT2D eigenvalue weighted by atomic mass is 9.51. The first kappa shape index (κ1) is 14.5. The van der Waals surface area contributed by atoms with E-state index >= 15 is 0 Å². The third-order valence-corrected chi connectivity index (χ3v) is 8.35. The molecule has 5 aliphatic rings. The predicted molar refractivity (Wildman–Crippen MR) is 86.8 cm³/mol. The Morgan fingerprint density at radius 2 is 2.00 bits per heavy atom. The van der Waals surface area contributed by atoms with Crippen LogP contribution < -0.4 is 0 Å². The lowest BCUT2D eigenvalue weighted by Gasteiger charge is -2.54. The van der Waals surface area contributed by atoms with Crippen molar-refractivity contribution in [1.29, 1.82) is 0 Å². The summed E-state index contributed by atoms with van der Waals surface area (Å²) in [5.41, 5.74) is 3.44. The van der Waals surface area contributed by atoms with E-state index in [9.17, 15) is 4.79 Å². The van der Waals surface area contributed by atoms with Crippen LogP contribution in [0.1, 0.15) is 65.2 Å². The van der Waals surface area contributed by atoms with Crippen molar-refractivity contribution in [2.75, 3.05) is 7.11 Å². The first-order valence-corrected chi connectivity index (χ1v) is 9.41. The van der Waals surface area contributed by atoms with Crippen molar-refractivity contribution >= 4 is 5.97 Å². The molecule has 0 aromatic heterocycles. The molecule has 23 heavy (non-hydrogen) atoms. The number of ether oxygens (including phenoxy) is 2. The molecule has 1 heterocycles. The van der Waals surface area contributed by atoms with E-state index in [4.69, 9.17) is 9.47 Å². The van der Waals surface area contributed by atoms with Crippen LogP contribution in [0.4, 0.5) is 0 Å². The van der Waals surface area contributed by atoms with E-state index in [2.05, 4.69) is 13.8 Å². The Balaban J connectivity index is 1.68. The summed E-state index contributed by atoms with van der Waals surface area (Å²) in [5.74, 6) is 0.689. The maximum absolute atomic E-state index is 12.6. The molecule has 2 bridgehead atoms. The Morgan fingerprint density at radius 1 is 1.17 bits per heavy atom. The molecule has 5 rings (SSSR count). The number of rotatable bonds is 1. The molecule has 1 saturated heterocycles. The summed E-state index contributed by atoms with van der Waals surface area (Å²) in [4.78, 5) is 12.6. The van der Waals surface area contributed by atoms with Crippen LogP contribution in [0, 0.1) is 22.2 Å². The molecule has 1 aliphatic heterocycles. The molecule has 0 aromatic rings. The van der Waals surface area contributed by atoms with Gasteiger partial charge in [0.25, 0.3) is 0 Å². The summed E-state index contributed by atoms with van der Waals surface area (Å²) in [7, 11) is 1.88. The Kier molecular flexibility index (Phi) is 2.66. The van der Waals surface area contributed by atoms with Crippen molar-refractivity contribution in [2.45, 2.75) is 77.4 Å². The van der Waals surface area contributed by atoms with Crippen LogP contribution in [-0.4, -0.2) is 25.3 Å². The van der Waals surface area contributed by atoms with E-state index in [1.165, 1.54) is 31.3 Å². The zero-order valence-electron chi connectivity index (χ0n) is 14.6. The first-order valence-electron chi connectivity index (χ1n) is 9.41. The number of hydrogen-bond donors (Lipinski definition) is 0. The highest BCUT2D eigenvalue weighted by molar-refractivity contribution is 5.85. The van der Waals surface area contributed by atoms with Crippen LogP contribution in [0.3, 0.4) is 0 Å². The number of carbonyl (C=O) groups excluding carboxylic acids is 1. The summed E-state index contributed by atoms with van der Waals surface area (Å²) in [6.07, 6.45) is 9.79. The van der Waals surface area contributed by atoms with Crippen LogP contribution in [-0.2, 0) is 14.3 Å². The van der Waals surface area contributed by atoms with E-state index in [1.54, 1.807) is 5.57 Å². The summed E-state index contributed by atoms with van der Waals surface area (Å²) in [6.45, 7) is 4.58. The van der Waals surface area contributed by atoms with Crippen molar-refractivity contribution in [1.82, 2.24) is 0 Å². The highest BCUT2D eigenvalue weighted by Gasteiger charge is 2.66. The Bertz CT molecular complexity index is 622. The monoisotopic (exact) mass is 316 g/mol. The first-order chi connectivity index (χ1) is 10.9. The van der Waals surface area contributed by atoms with Gasteiger partial charge in [-0.25, -0.2) is 0 Å². The zero-order chi connectivity index (χ0) is 16.0. The Hall–Kier alpha value is -0.830. The van der Waals surface area contributed by atoms with Crippen molar-refractivity contribution in [2.24, 2.45) is 22.2 Å². The molecular weight excluding hydrogens is 288 g/mol. The fourth-order valence-electron chi connectivity index (χ4n) is 7.25. The molecule has 3 heteroatoms. The molecule has 1 spiro atoms. The minimum Gasteiger partial charge on any atom is -0.457 e. The molecule has 0 unspecified atom stereocenters. The predicted octanol–water partition coefficient (Wildman–Crippen LogP) is 4.01. The van der Waals surface area contributed by atoms with Gasteiger partial charge in [0.1, 0.15) is 6.10 Å². The van der Waals surface area contributed by atoms with E-state index in [-0.39, 0.29) is 17.5 Å². The van der Waals surface area contributed by atoms with Gasteiger partial charge in [-0.05, 0) is 80.6 Å². The molecule has 3 fully saturated rings. The number of carbonyl (C=O) groups is 1. The van der Waals surface area contributed by atoms with Crippen LogP contribution in [0.5, 0.6) is 0 Å². The fraction of sp³-hybridized carbons (Fsp3) is 0.850. The van der Waals surface area contributed by atoms with E-state index in [0.717, 1.165) is 25.7 Å². The molecule has 0 radical (unpaired) electrons. The highest BCUT2D eigenvalue weighted by atomic mass is 16.6. The van der Waals surface area contributed by atoms with Crippen molar-refractivity contribution < 1.29 is 14.3 Å². The average molecular weight is 316 g/mol. The lowest BCUT2D eigenvalue weighted by molar-refractivity contribution is -0.149. The lowest BCUT2D eigenvalue weighted by Crippen LogP contribution is -2.49. The molecule has 6 atom stereocenters. The van der Waals surface area contributed by atoms with Gasteiger partial charge < -0.3 is 9.47 Å². The zero-order valence-corrected chi connectivity index (χ0v) is 14.6. The molecule has 126 valence electrons. The molecule has 0 amide bonds. The van der Waals surface area contributed by atoms with Crippen molar-refractivity contribution in [3.05, 3.63) is 11.1 Å². The normalized spacial score (nSPS) is 53.9. The van der Waals surface area contributed by atoms with E-state index < -0.39 is 0 Å². The maximum Gasteiger partial charge on any atom is 0.316 e. The molecular formula is C20H28O3.